The highest BCUT2D eigenvalue weighted by Gasteiger charge is 2.17. The van der Waals surface area contributed by atoms with Gasteiger partial charge in [0, 0.05) is 49.4 Å². The van der Waals surface area contributed by atoms with Crippen molar-refractivity contribution in [1.29, 1.82) is 0 Å². The molecule has 3 aromatic heterocycles. The number of hydrogen-bond donors (Lipinski definition) is 0. The van der Waals surface area contributed by atoms with E-state index in [1.54, 1.807) is 0 Å². The molecule has 0 saturated carbocycles. The summed E-state index contributed by atoms with van der Waals surface area (Å²) in [7, 11) is 0. The number of aromatic nitrogens is 2. The molecule has 0 spiro atoms. The van der Waals surface area contributed by atoms with Gasteiger partial charge in [0.15, 0.2) is 5.82 Å². The third kappa shape index (κ3) is 6.25. The zero-order valence-electron chi connectivity index (χ0n) is 33.5. The van der Waals surface area contributed by atoms with Crippen LogP contribution in [-0.2, 0) is 0 Å². The Balaban J connectivity index is 0.994. The molecular formula is C58H36N2O2. The fraction of sp³-hybridized carbons (Fsp3) is 0. The van der Waals surface area contributed by atoms with Gasteiger partial charge in [-0.15, -0.1) is 0 Å². The molecule has 0 aliphatic carbocycles. The molecule has 0 aliphatic rings. The molecule has 3 heterocycles. The molecule has 0 bridgehead atoms. The first kappa shape index (κ1) is 35.6. The highest BCUT2D eigenvalue weighted by Crippen LogP contribution is 2.39. The minimum Gasteiger partial charge on any atom is -0.455 e. The van der Waals surface area contributed by atoms with Gasteiger partial charge in [0.25, 0.3) is 0 Å². The molecule has 0 unspecified atom stereocenters. The first-order valence-electron chi connectivity index (χ1n) is 20.9. The van der Waals surface area contributed by atoms with E-state index in [0.717, 1.165) is 116 Å². The Bertz CT molecular complexity index is 3370. The topological polar surface area (TPSA) is 52.1 Å². The van der Waals surface area contributed by atoms with Gasteiger partial charge in [-0.2, -0.15) is 0 Å². The Hall–Kier alpha value is -8.34. The molecule has 4 heteroatoms. The van der Waals surface area contributed by atoms with Crippen molar-refractivity contribution in [3.05, 3.63) is 218 Å². The van der Waals surface area contributed by atoms with Crippen LogP contribution < -0.4 is 0 Å². The molecule has 0 atom stereocenters. The molecule has 0 aliphatic heterocycles. The smallest absolute Gasteiger partial charge is 0.160 e. The molecule has 0 amide bonds. The van der Waals surface area contributed by atoms with E-state index >= 15 is 0 Å². The normalized spacial score (nSPS) is 11.5. The van der Waals surface area contributed by atoms with Crippen LogP contribution in [0.1, 0.15) is 0 Å². The number of benzene rings is 9. The molecule has 12 aromatic rings. The van der Waals surface area contributed by atoms with Crippen molar-refractivity contribution in [2.75, 3.05) is 0 Å². The molecule has 0 radical (unpaired) electrons. The molecule has 0 fully saturated rings. The van der Waals surface area contributed by atoms with Crippen molar-refractivity contribution >= 4 is 43.9 Å². The van der Waals surface area contributed by atoms with E-state index in [9.17, 15) is 0 Å². The maximum atomic E-state index is 6.41. The summed E-state index contributed by atoms with van der Waals surface area (Å²) in [6, 6.07) is 76.2. The van der Waals surface area contributed by atoms with Gasteiger partial charge in [-0.25, -0.2) is 9.97 Å². The Morgan fingerprint density at radius 3 is 1.11 bits per heavy atom. The van der Waals surface area contributed by atoms with Gasteiger partial charge in [0.05, 0.1) is 11.4 Å². The molecule has 62 heavy (non-hydrogen) atoms. The van der Waals surface area contributed by atoms with E-state index in [1.807, 2.05) is 24.3 Å². The number of hydrogen-bond acceptors (Lipinski definition) is 4. The van der Waals surface area contributed by atoms with Gasteiger partial charge in [0.1, 0.15) is 22.3 Å². The fourth-order valence-electron chi connectivity index (χ4n) is 8.81. The van der Waals surface area contributed by atoms with Crippen LogP contribution in [-0.4, -0.2) is 9.97 Å². The van der Waals surface area contributed by atoms with Gasteiger partial charge in [-0.05, 0) is 69.8 Å². The van der Waals surface area contributed by atoms with Crippen LogP contribution in [0, 0.1) is 0 Å². The average Bonchev–Trinajstić information content (AvgIpc) is 3.93. The Labute approximate surface area is 358 Å². The van der Waals surface area contributed by atoms with Crippen LogP contribution in [0.2, 0.25) is 0 Å². The fourth-order valence-corrected chi connectivity index (χ4v) is 8.81. The first-order valence-corrected chi connectivity index (χ1v) is 20.9. The van der Waals surface area contributed by atoms with E-state index in [4.69, 9.17) is 18.8 Å². The predicted molar refractivity (Wildman–Crippen MR) is 255 cm³/mol. The summed E-state index contributed by atoms with van der Waals surface area (Å²) < 4.78 is 12.8. The summed E-state index contributed by atoms with van der Waals surface area (Å²) in [5.41, 5.74) is 16.9. The van der Waals surface area contributed by atoms with E-state index in [2.05, 4.69) is 194 Å². The number of nitrogens with zero attached hydrogens (tertiary/aromatic N) is 2. The molecule has 4 nitrogen and oxygen atoms in total. The second kappa shape index (κ2) is 14.7. The second-order valence-electron chi connectivity index (χ2n) is 15.7. The third-order valence-corrected chi connectivity index (χ3v) is 11.9. The van der Waals surface area contributed by atoms with E-state index in [0.29, 0.717) is 5.82 Å². The van der Waals surface area contributed by atoms with Gasteiger partial charge < -0.3 is 8.83 Å². The van der Waals surface area contributed by atoms with Gasteiger partial charge in [-0.1, -0.05) is 182 Å². The lowest BCUT2D eigenvalue weighted by Crippen LogP contribution is -1.97. The Kier molecular flexibility index (Phi) is 8.46. The van der Waals surface area contributed by atoms with Crippen molar-refractivity contribution < 1.29 is 8.83 Å². The number of fused-ring (bicyclic) bond motifs is 6. The molecule has 290 valence electrons. The molecule has 9 aromatic carbocycles. The second-order valence-corrected chi connectivity index (χ2v) is 15.7. The lowest BCUT2D eigenvalue weighted by Gasteiger charge is -2.13. The summed E-state index contributed by atoms with van der Waals surface area (Å²) in [6.45, 7) is 0. The molecule has 12 rings (SSSR count). The lowest BCUT2D eigenvalue weighted by atomic mass is 9.95. The lowest BCUT2D eigenvalue weighted by molar-refractivity contribution is 0.669. The SMILES string of the molecule is c1ccc(-c2cc(-c3ccccc3)cc(-c3nc(-c4ccc(-c5cccc6c5oc5ccccc56)cc4)cc(-c4ccc(-c5cccc6c5oc5ccccc56)cc4)n3)c2)cc1. The summed E-state index contributed by atoms with van der Waals surface area (Å²) >= 11 is 0. The summed E-state index contributed by atoms with van der Waals surface area (Å²) in [6.07, 6.45) is 0. The predicted octanol–water partition coefficient (Wildman–Crippen LogP) is 15.9. The maximum absolute atomic E-state index is 6.41. The van der Waals surface area contributed by atoms with Gasteiger partial charge in [-0.3, -0.25) is 0 Å². The largest absolute Gasteiger partial charge is 0.455 e. The van der Waals surface area contributed by atoms with E-state index < -0.39 is 0 Å². The van der Waals surface area contributed by atoms with Crippen molar-refractivity contribution in [1.82, 2.24) is 9.97 Å². The van der Waals surface area contributed by atoms with Crippen LogP contribution in [0.5, 0.6) is 0 Å². The first-order chi connectivity index (χ1) is 30.7. The Morgan fingerprint density at radius 2 is 0.645 bits per heavy atom. The van der Waals surface area contributed by atoms with Crippen LogP contribution in [0.25, 0.3) is 122 Å². The van der Waals surface area contributed by atoms with Crippen LogP contribution in [0.3, 0.4) is 0 Å². The number of furan rings is 2. The van der Waals surface area contributed by atoms with E-state index in [1.165, 1.54) is 0 Å². The quantitative estimate of drug-likeness (QED) is 0.161. The average molecular weight is 793 g/mol. The van der Waals surface area contributed by atoms with Crippen molar-refractivity contribution in [3.8, 4) is 78.4 Å². The minimum absolute atomic E-state index is 0.653. The maximum Gasteiger partial charge on any atom is 0.160 e. The van der Waals surface area contributed by atoms with Crippen LogP contribution in [0.4, 0.5) is 0 Å². The highest BCUT2D eigenvalue weighted by atomic mass is 16.3. The standard InChI is InChI=1S/C58H36N2O2/c1-3-13-37(14-4-1)43-33-44(38-15-5-2-6-16-38)35-45(34-43)58-59-52(41-29-25-39(26-30-41)46-19-11-21-50-48-17-7-9-23-54(48)61-56(46)50)36-53(60-58)42-31-27-40(28-32-42)47-20-12-22-51-49-18-8-10-24-55(49)62-57(47)51/h1-36H. The molecule has 0 N–H and O–H groups in total. The third-order valence-electron chi connectivity index (χ3n) is 11.9. The molecular weight excluding hydrogens is 757 g/mol. The molecule has 0 saturated heterocycles. The van der Waals surface area contributed by atoms with Crippen LogP contribution in [0.15, 0.2) is 227 Å². The van der Waals surface area contributed by atoms with Crippen LogP contribution >= 0.6 is 0 Å². The zero-order valence-corrected chi connectivity index (χ0v) is 33.5. The van der Waals surface area contributed by atoms with Crippen molar-refractivity contribution in [2.45, 2.75) is 0 Å². The van der Waals surface area contributed by atoms with E-state index in [-0.39, 0.29) is 0 Å². The van der Waals surface area contributed by atoms with Crippen molar-refractivity contribution in [3.63, 3.8) is 0 Å². The zero-order chi connectivity index (χ0) is 41.0. The Morgan fingerprint density at radius 1 is 0.258 bits per heavy atom. The van der Waals surface area contributed by atoms with Gasteiger partial charge >= 0.3 is 0 Å². The highest BCUT2D eigenvalue weighted by molar-refractivity contribution is 6.10. The van der Waals surface area contributed by atoms with Gasteiger partial charge in [0.2, 0.25) is 0 Å². The minimum atomic E-state index is 0.653. The monoisotopic (exact) mass is 792 g/mol. The summed E-state index contributed by atoms with van der Waals surface area (Å²) in [4.78, 5) is 10.7. The van der Waals surface area contributed by atoms with Crippen molar-refractivity contribution in [2.24, 2.45) is 0 Å². The number of rotatable bonds is 7. The summed E-state index contributed by atoms with van der Waals surface area (Å²) in [5, 5.41) is 4.46. The summed E-state index contributed by atoms with van der Waals surface area (Å²) in [5.74, 6) is 0.653. The number of para-hydroxylation sites is 4.